The molecule has 0 unspecified atom stereocenters. The highest BCUT2D eigenvalue weighted by Crippen LogP contribution is 2.50. The molecule has 0 fully saturated rings. The Bertz CT molecular complexity index is 3960. The zero-order chi connectivity index (χ0) is 47.3. The number of nitrogens with zero attached hydrogens (tertiary/aromatic N) is 2. The van der Waals surface area contributed by atoms with E-state index in [0.717, 1.165) is 45.4 Å². The molecule has 4 aliphatic heterocycles. The number of rotatable bonds is 6. The van der Waals surface area contributed by atoms with Crippen molar-refractivity contribution in [3.63, 3.8) is 0 Å². The van der Waals surface area contributed by atoms with Gasteiger partial charge in [-0.25, -0.2) is 0 Å². The number of hydrogen-bond donors (Lipinski definition) is 0. The van der Waals surface area contributed by atoms with E-state index in [0.29, 0.717) is 0 Å². The first-order valence-corrected chi connectivity index (χ1v) is 25.6. The fraction of sp³-hybridized carbons (Fsp3) is 0. The van der Waals surface area contributed by atoms with Gasteiger partial charge in [0, 0.05) is 49.7 Å². The summed E-state index contributed by atoms with van der Waals surface area (Å²) in [7, 11) is 0. The molecule has 15 rings (SSSR count). The average molecular weight is 933 g/mol. The molecule has 0 aliphatic carbocycles. The normalized spacial score (nSPS) is 13.2. The van der Waals surface area contributed by atoms with Crippen molar-refractivity contribution in [2.45, 2.75) is 9.79 Å². The fourth-order valence-corrected chi connectivity index (χ4v) is 13.3. The Morgan fingerprint density at radius 2 is 0.750 bits per heavy atom. The molecule has 0 aromatic heterocycles. The standard InChI is InChI=1S/C66H42B2N2OS/c1-5-21-43(22-6-1)47-37-59-65-62(39-47)71-61-42-58-53(41-54(61)67(65)51-31-15-19-35-57(51)69(59)55-33-17-13-29-49(55)45-25-9-3-10-26-45)68-52-32-16-20-36-63(52)72-64-40-48(44-23-7-2-8-24-44)38-60(66(64)68)70(58)56-34-18-14-30-50(56)46-27-11-4-12-28-46/h1-42H. The van der Waals surface area contributed by atoms with Gasteiger partial charge in [-0.2, -0.15) is 0 Å². The van der Waals surface area contributed by atoms with Crippen molar-refractivity contribution in [1.82, 2.24) is 0 Å². The minimum absolute atomic E-state index is 0.0212. The molecule has 6 heteroatoms. The number of anilines is 6. The maximum absolute atomic E-state index is 7.57. The van der Waals surface area contributed by atoms with Crippen molar-refractivity contribution < 1.29 is 4.74 Å². The lowest BCUT2D eigenvalue weighted by Gasteiger charge is -2.44. The van der Waals surface area contributed by atoms with Gasteiger partial charge in [0.05, 0.1) is 11.4 Å². The largest absolute Gasteiger partial charge is 0.458 e. The highest BCUT2D eigenvalue weighted by molar-refractivity contribution is 8.00. The number of hydrogen-bond acceptors (Lipinski definition) is 4. The molecule has 0 saturated heterocycles. The van der Waals surface area contributed by atoms with Crippen LogP contribution in [0.15, 0.2) is 265 Å². The molecule has 4 heterocycles. The molecule has 0 amide bonds. The lowest BCUT2D eigenvalue weighted by molar-refractivity contribution is 0.488. The van der Waals surface area contributed by atoms with Crippen molar-refractivity contribution in [2.24, 2.45) is 0 Å². The van der Waals surface area contributed by atoms with Crippen molar-refractivity contribution in [3.8, 4) is 56.0 Å². The van der Waals surface area contributed by atoms with Crippen molar-refractivity contribution in [1.29, 1.82) is 0 Å². The lowest BCUT2D eigenvalue weighted by Crippen LogP contribution is -2.63. The van der Waals surface area contributed by atoms with Crippen LogP contribution in [-0.2, 0) is 0 Å². The number of fused-ring (bicyclic) bond motifs is 8. The molecule has 0 radical (unpaired) electrons. The van der Waals surface area contributed by atoms with Crippen molar-refractivity contribution >= 4 is 92.1 Å². The quantitative estimate of drug-likeness (QED) is 0.154. The first-order valence-electron chi connectivity index (χ1n) is 24.8. The van der Waals surface area contributed by atoms with Gasteiger partial charge in [0.15, 0.2) is 0 Å². The van der Waals surface area contributed by atoms with E-state index in [1.807, 2.05) is 11.8 Å². The molecular formula is C66H42B2N2OS. The zero-order valence-corrected chi connectivity index (χ0v) is 39.9. The molecule has 4 aliphatic rings. The molecular weight excluding hydrogens is 890 g/mol. The third-order valence-electron chi connectivity index (χ3n) is 15.2. The van der Waals surface area contributed by atoms with Gasteiger partial charge in [-0.15, -0.1) is 0 Å². The van der Waals surface area contributed by atoms with Gasteiger partial charge in [-0.3, -0.25) is 0 Å². The predicted octanol–water partition coefficient (Wildman–Crippen LogP) is 13.5. The van der Waals surface area contributed by atoms with E-state index in [2.05, 4.69) is 265 Å². The van der Waals surface area contributed by atoms with Crippen molar-refractivity contribution in [2.75, 3.05) is 9.80 Å². The monoisotopic (exact) mass is 932 g/mol. The second-order valence-corrected chi connectivity index (χ2v) is 20.2. The highest BCUT2D eigenvalue weighted by atomic mass is 32.2. The molecule has 3 nitrogen and oxygen atoms in total. The summed E-state index contributed by atoms with van der Waals surface area (Å²) in [4.78, 5) is 7.63. The van der Waals surface area contributed by atoms with Gasteiger partial charge < -0.3 is 14.5 Å². The molecule has 0 bridgehead atoms. The fourth-order valence-electron chi connectivity index (χ4n) is 12.1. The summed E-state index contributed by atoms with van der Waals surface area (Å²) >= 11 is 1.90. The SMILES string of the molecule is c1ccc(-c2cc3c4c(c2)N(c2ccccc2-c2ccccc2)c2ccccc2B4c2cc4c(cc2O3)N(c2ccccc2-c2ccccc2)c2cc(-c3ccccc3)cc3c2B4c2ccccc2S3)cc1. The average Bonchev–Trinajstić information content (AvgIpc) is 3.45. The Labute approximate surface area is 424 Å². The van der Waals surface area contributed by atoms with Gasteiger partial charge in [0.2, 0.25) is 6.71 Å². The summed E-state index contributed by atoms with van der Waals surface area (Å²) in [5.41, 5.74) is 23.7. The van der Waals surface area contributed by atoms with E-state index >= 15 is 0 Å². The molecule has 11 aromatic carbocycles. The molecule has 0 atom stereocenters. The van der Waals surface area contributed by atoms with Gasteiger partial charge in [-0.1, -0.05) is 217 Å². The van der Waals surface area contributed by atoms with Gasteiger partial charge in [0.1, 0.15) is 11.5 Å². The number of para-hydroxylation sites is 3. The Morgan fingerprint density at radius 3 is 1.38 bits per heavy atom. The van der Waals surface area contributed by atoms with Crippen LogP contribution >= 0.6 is 11.8 Å². The van der Waals surface area contributed by atoms with E-state index < -0.39 is 0 Å². The minimum Gasteiger partial charge on any atom is -0.458 e. The molecule has 0 spiro atoms. The van der Waals surface area contributed by atoms with E-state index in [9.17, 15) is 0 Å². The predicted molar refractivity (Wildman–Crippen MR) is 304 cm³/mol. The number of ether oxygens (including phenoxy) is 1. The first-order chi connectivity index (χ1) is 35.7. The van der Waals surface area contributed by atoms with Gasteiger partial charge >= 0.3 is 0 Å². The summed E-state index contributed by atoms with van der Waals surface area (Å²) < 4.78 is 7.57. The Kier molecular flexibility index (Phi) is 9.39. The molecule has 11 aromatic rings. The summed E-state index contributed by atoms with van der Waals surface area (Å²) in [6.45, 7) is -0.128. The lowest BCUT2D eigenvalue weighted by atomic mass is 9.31. The van der Waals surface area contributed by atoms with Crippen LogP contribution in [0.1, 0.15) is 0 Å². The maximum atomic E-state index is 7.57. The van der Waals surface area contributed by atoms with Crippen LogP contribution in [0.4, 0.5) is 34.1 Å². The van der Waals surface area contributed by atoms with E-state index in [1.54, 1.807) is 0 Å². The number of benzene rings is 11. The second-order valence-electron chi connectivity index (χ2n) is 19.1. The topological polar surface area (TPSA) is 15.7 Å². The van der Waals surface area contributed by atoms with Crippen LogP contribution in [0.3, 0.4) is 0 Å². The summed E-state index contributed by atoms with van der Waals surface area (Å²) in [5, 5.41) is 0. The second kappa shape index (κ2) is 16.4. The van der Waals surface area contributed by atoms with Crippen molar-refractivity contribution in [3.05, 3.63) is 255 Å². The van der Waals surface area contributed by atoms with Gasteiger partial charge in [0.25, 0.3) is 6.71 Å². The van der Waals surface area contributed by atoms with Crippen LogP contribution in [0.5, 0.6) is 11.5 Å². The molecule has 0 saturated carbocycles. The van der Waals surface area contributed by atoms with E-state index in [4.69, 9.17) is 4.74 Å². The summed E-state index contributed by atoms with van der Waals surface area (Å²) in [5.74, 6) is 1.75. The van der Waals surface area contributed by atoms with E-state index in [1.165, 1.54) is 87.3 Å². The molecule has 0 N–H and O–H groups in total. The van der Waals surface area contributed by atoms with Crippen LogP contribution in [0, 0.1) is 0 Å². The summed E-state index contributed by atoms with van der Waals surface area (Å²) in [6, 6.07) is 93.6. The zero-order valence-electron chi connectivity index (χ0n) is 39.1. The Balaban J connectivity index is 1.02. The Morgan fingerprint density at radius 1 is 0.278 bits per heavy atom. The maximum Gasteiger partial charge on any atom is 0.256 e. The summed E-state index contributed by atoms with van der Waals surface area (Å²) in [6.07, 6.45) is 0. The first kappa shape index (κ1) is 41.1. The van der Waals surface area contributed by atoms with Crippen LogP contribution in [0.25, 0.3) is 44.5 Å². The molecule has 72 heavy (non-hydrogen) atoms. The smallest absolute Gasteiger partial charge is 0.256 e. The third kappa shape index (κ3) is 6.35. The van der Waals surface area contributed by atoms with Gasteiger partial charge in [-0.05, 0) is 109 Å². The highest BCUT2D eigenvalue weighted by Gasteiger charge is 2.47. The van der Waals surface area contributed by atoms with Crippen LogP contribution < -0.4 is 47.3 Å². The Hall–Kier alpha value is -8.70. The van der Waals surface area contributed by atoms with Crippen LogP contribution in [-0.4, -0.2) is 13.4 Å². The third-order valence-corrected chi connectivity index (χ3v) is 16.3. The minimum atomic E-state index is -0.107. The van der Waals surface area contributed by atoms with E-state index in [-0.39, 0.29) is 13.4 Å². The molecule has 334 valence electrons. The van der Waals surface area contributed by atoms with Crippen LogP contribution in [0.2, 0.25) is 0 Å².